The molecule has 0 aliphatic carbocycles. The van der Waals surface area contributed by atoms with Crippen molar-refractivity contribution in [2.45, 2.75) is 24.8 Å². The molecule has 1 aromatic rings. The molecule has 0 radical (unpaired) electrons. The van der Waals surface area contributed by atoms with E-state index in [4.69, 9.17) is 5.73 Å². The third kappa shape index (κ3) is 3.75. The van der Waals surface area contributed by atoms with Gasteiger partial charge in [0.2, 0.25) is 0 Å². The Hall–Kier alpha value is -1.11. The minimum absolute atomic E-state index is 0.141. The van der Waals surface area contributed by atoms with Crippen molar-refractivity contribution in [1.29, 1.82) is 0 Å². The van der Waals surface area contributed by atoms with Crippen LogP contribution in [0.25, 0.3) is 0 Å². The Labute approximate surface area is 127 Å². The molecule has 1 aliphatic heterocycles. The molecular weight excluding hydrogens is 286 g/mol. The second-order valence-electron chi connectivity index (χ2n) is 5.51. The minimum atomic E-state index is -3.11. The highest BCUT2D eigenvalue weighted by atomic mass is 32.2. The van der Waals surface area contributed by atoms with Crippen molar-refractivity contribution in [2.75, 3.05) is 43.4 Å². The number of hydrogen-bond acceptors (Lipinski definition) is 5. The fraction of sp³-hybridized carbons (Fsp3) is 0.600. The van der Waals surface area contributed by atoms with Crippen LogP contribution >= 0.6 is 0 Å². The molecule has 0 spiro atoms. The van der Waals surface area contributed by atoms with Crippen LogP contribution in [0.4, 0.5) is 5.69 Å². The molecule has 5 nitrogen and oxygen atoms in total. The SMILES string of the molecule is CCS(=O)(=O)c1ccc(N2CCN(C(C)CN)CC2)cc1. The third-order valence-electron chi connectivity index (χ3n) is 4.22. The molecular formula is C15H25N3O2S. The van der Waals surface area contributed by atoms with Gasteiger partial charge in [0.05, 0.1) is 10.6 Å². The summed E-state index contributed by atoms with van der Waals surface area (Å²) in [5, 5.41) is 0. The fourth-order valence-corrected chi connectivity index (χ4v) is 3.49. The van der Waals surface area contributed by atoms with Gasteiger partial charge in [-0.15, -0.1) is 0 Å². The van der Waals surface area contributed by atoms with Crippen molar-refractivity contribution in [3.05, 3.63) is 24.3 Å². The lowest BCUT2D eigenvalue weighted by molar-refractivity contribution is 0.201. The zero-order valence-corrected chi connectivity index (χ0v) is 13.6. The van der Waals surface area contributed by atoms with Crippen LogP contribution < -0.4 is 10.6 Å². The smallest absolute Gasteiger partial charge is 0.178 e. The van der Waals surface area contributed by atoms with Gasteiger partial charge in [0, 0.05) is 44.5 Å². The van der Waals surface area contributed by atoms with E-state index in [0.29, 0.717) is 17.5 Å². The van der Waals surface area contributed by atoms with Crippen molar-refractivity contribution >= 4 is 15.5 Å². The van der Waals surface area contributed by atoms with Gasteiger partial charge < -0.3 is 10.6 Å². The van der Waals surface area contributed by atoms with Gasteiger partial charge in [0.15, 0.2) is 9.84 Å². The lowest BCUT2D eigenvalue weighted by Crippen LogP contribution is -2.51. The minimum Gasteiger partial charge on any atom is -0.369 e. The third-order valence-corrected chi connectivity index (χ3v) is 5.97. The molecule has 0 aromatic heterocycles. The van der Waals surface area contributed by atoms with Gasteiger partial charge in [-0.1, -0.05) is 6.92 Å². The second-order valence-corrected chi connectivity index (χ2v) is 7.78. The Bertz CT molecular complexity index is 549. The number of benzene rings is 1. The van der Waals surface area contributed by atoms with Crippen LogP contribution in [0, 0.1) is 0 Å². The molecule has 0 bridgehead atoms. The van der Waals surface area contributed by atoms with Crippen molar-refractivity contribution in [3.63, 3.8) is 0 Å². The predicted octanol–water partition coefficient (Wildman–Crippen LogP) is 0.949. The van der Waals surface area contributed by atoms with Crippen molar-refractivity contribution in [3.8, 4) is 0 Å². The topological polar surface area (TPSA) is 66.6 Å². The summed E-state index contributed by atoms with van der Waals surface area (Å²) < 4.78 is 23.6. The van der Waals surface area contributed by atoms with E-state index in [1.807, 2.05) is 12.1 Å². The quantitative estimate of drug-likeness (QED) is 0.877. The molecule has 1 fully saturated rings. The maximum atomic E-state index is 11.8. The number of sulfone groups is 1. The summed E-state index contributed by atoms with van der Waals surface area (Å²) >= 11 is 0. The molecule has 1 aromatic carbocycles. The number of piperazine rings is 1. The molecule has 21 heavy (non-hydrogen) atoms. The first-order chi connectivity index (χ1) is 9.97. The van der Waals surface area contributed by atoms with E-state index < -0.39 is 9.84 Å². The first kappa shape index (κ1) is 16.3. The fourth-order valence-electron chi connectivity index (χ4n) is 2.60. The largest absolute Gasteiger partial charge is 0.369 e. The lowest BCUT2D eigenvalue weighted by Gasteiger charge is -2.38. The average Bonchev–Trinajstić information content (AvgIpc) is 2.54. The zero-order chi connectivity index (χ0) is 15.5. The molecule has 1 atom stereocenters. The average molecular weight is 311 g/mol. The maximum absolute atomic E-state index is 11.8. The highest BCUT2D eigenvalue weighted by Crippen LogP contribution is 2.20. The molecule has 1 aliphatic rings. The van der Waals surface area contributed by atoms with Gasteiger partial charge in [-0.3, -0.25) is 4.90 Å². The van der Waals surface area contributed by atoms with Gasteiger partial charge in [-0.25, -0.2) is 8.42 Å². The summed E-state index contributed by atoms with van der Waals surface area (Å²) in [4.78, 5) is 5.10. The monoisotopic (exact) mass is 311 g/mol. The maximum Gasteiger partial charge on any atom is 0.178 e. The molecule has 0 saturated carbocycles. The Morgan fingerprint density at radius 3 is 2.19 bits per heavy atom. The second kappa shape index (κ2) is 6.77. The summed E-state index contributed by atoms with van der Waals surface area (Å²) in [7, 11) is -3.11. The van der Waals surface area contributed by atoms with Gasteiger partial charge in [0.25, 0.3) is 0 Å². The number of anilines is 1. The van der Waals surface area contributed by atoms with Crippen LogP contribution in [0.5, 0.6) is 0 Å². The van der Waals surface area contributed by atoms with E-state index in [-0.39, 0.29) is 5.75 Å². The first-order valence-electron chi connectivity index (χ1n) is 7.50. The summed E-state index contributed by atoms with van der Waals surface area (Å²) in [6.07, 6.45) is 0. The van der Waals surface area contributed by atoms with E-state index in [1.165, 1.54) is 0 Å². The number of hydrogen-bond donors (Lipinski definition) is 1. The van der Waals surface area contributed by atoms with Gasteiger partial charge in [0.1, 0.15) is 0 Å². The van der Waals surface area contributed by atoms with E-state index in [2.05, 4.69) is 16.7 Å². The number of rotatable bonds is 5. The lowest BCUT2D eigenvalue weighted by atomic mass is 10.2. The number of nitrogens with zero attached hydrogens (tertiary/aromatic N) is 2. The molecule has 2 N–H and O–H groups in total. The molecule has 6 heteroatoms. The van der Waals surface area contributed by atoms with Crippen molar-refractivity contribution in [1.82, 2.24) is 4.90 Å². The Balaban J connectivity index is 2.01. The molecule has 1 heterocycles. The van der Waals surface area contributed by atoms with E-state index in [9.17, 15) is 8.42 Å². The highest BCUT2D eigenvalue weighted by Gasteiger charge is 2.20. The van der Waals surface area contributed by atoms with Gasteiger partial charge in [-0.05, 0) is 31.2 Å². The predicted molar refractivity (Wildman–Crippen MR) is 86.5 cm³/mol. The standard InChI is InChI=1S/C15H25N3O2S/c1-3-21(19,20)15-6-4-14(5-7-15)18-10-8-17(9-11-18)13(2)12-16/h4-7,13H,3,8-12,16H2,1-2H3. The highest BCUT2D eigenvalue weighted by molar-refractivity contribution is 7.91. The van der Waals surface area contributed by atoms with E-state index in [0.717, 1.165) is 31.9 Å². The van der Waals surface area contributed by atoms with Crippen molar-refractivity contribution in [2.24, 2.45) is 5.73 Å². The van der Waals surface area contributed by atoms with Crippen LogP contribution in [0.3, 0.4) is 0 Å². The van der Waals surface area contributed by atoms with E-state index >= 15 is 0 Å². The normalized spacial score (nSPS) is 18.7. The van der Waals surface area contributed by atoms with Crippen LogP contribution in [-0.2, 0) is 9.84 Å². The Morgan fingerprint density at radius 1 is 1.14 bits per heavy atom. The molecule has 1 unspecified atom stereocenters. The van der Waals surface area contributed by atoms with Crippen LogP contribution in [0.2, 0.25) is 0 Å². The van der Waals surface area contributed by atoms with E-state index in [1.54, 1.807) is 19.1 Å². The molecule has 2 rings (SSSR count). The van der Waals surface area contributed by atoms with Gasteiger partial charge >= 0.3 is 0 Å². The van der Waals surface area contributed by atoms with Gasteiger partial charge in [-0.2, -0.15) is 0 Å². The summed E-state index contributed by atoms with van der Waals surface area (Å²) in [5.74, 6) is 0.141. The van der Waals surface area contributed by atoms with Crippen LogP contribution in [-0.4, -0.2) is 57.8 Å². The molecule has 0 amide bonds. The zero-order valence-electron chi connectivity index (χ0n) is 12.8. The summed E-state index contributed by atoms with van der Waals surface area (Å²) in [6.45, 7) is 8.39. The van der Waals surface area contributed by atoms with Crippen LogP contribution in [0.15, 0.2) is 29.2 Å². The molecule has 1 saturated heterocycles. The number of nitrogens with two attached hydrogens (primary N) is 1. The molecule has 118 valence electrons. The Kier molecular flexibility index (Phi) is 5.24. The summed E-state index contributed by atoms with van der Waals surface area (Å²) in [6, 6.07) is 7.66. The first-order valence-corrected chi connectivity index (χ1v) is 9.15. The Morgan fingerprint density at radius 2 is 1.71 bits per heavy atom. The van der Waals surface area contributed by atoms with Crippen molar-refractivity contribution < 1.29 is 8.42 Å². The summed E-state index contributed by atoms with van der Waals surface area (Å²) in [5.41, 5.74) is 6.80. The van der Waals surface area contributed by atoms with Crippen LogP contribution in [0.1, 0.15) is 13.8 Å².